The number of piperazine rings is 1. The molecule has 158 valence electrons. The first kappa shape index (κ1) is 20.2. The number of hydrogen-bond donors (Lipinski definition) is 0. The number of methoxy groups -OCH3 is 1. The number of hydrogen-bond acceptors (Lipinski definition) is 9. The normalized spacial score (nSPS) is 25.8. The Bertz CT molecular complexity index is 829. The summed E-state index contributed by atoms with van der Waals surface area (Å²) in [6.45, 7) is 6.84. The van der Waals surface area contributed by atoms with Crippen molar-refractivity contribution in [1.82, 2.24) is 14.9 Å². The van der Waals surface area contributed by atoms with Crippen LogP contribution < -0.4 is 4.90 Å². The first-order valence-corrected chi connectivity index (χ1v) is 10.9. The number of thioether (sulfide) groups is 1. The SMILES string of the molecule is COC1OC(=O)c2nc(SC)nc(N3CC4CCC(C3)N4C(=O)OC(C)(C)C)c21. The van der Waals surface area contributed by atoms with E-state index < -0.39 is 17.9 Å². The minimum atomic E-state index is -0.815. The van der Waals surface area contributed by atoms with Crippen LogP contribution in [0.15, 0.2) is 5.16 Å². The van der Waals surface area contributed by atoms with Crippen LogP contribution in [0.5, 0.6) is 0 Å². The average molecular weight is 423 g/mol. The highest BCUT2D eigenvalue weighted by atomic mass is 32.2. The summed E-state index contributed by atoms with van der Waals surface area (Å²) < 4.78 is 16.3. The maximum atomic E-state index is 12.7. The highest BCUT2D eigenvalue weighted by Crippen LogP contribution is 2.40. The lowest BCUT2D eigenvalue weighted by atomic mass is 10.1. The van der Waals surface area contributed by atoms with Gasteiger partial charge in [0.25, 0.3) is 0 Å². The molecule has 0 N–H and O–H groups in total. The molecule has 0 radical (unpaired) electrons. The summed E-state index contributed by atoms with van der Waals surface area (Å²) in [7, 11) is 1.49. The number of aromatic nitrogens is 2. The van der Waals surface area contributed by atoms with E-state index in [0.29, 0.717) is 29.6 Å². The van der Waals surface area contributed by atoms with Gasteiger partial charge >= 0.3 is 12.1 Å². The molecule has 0 spiro atoms. The monoisotopic (exact) mass is 422 g/mol. The third-order valence-electron chi connectivity index (χ3n) is 5.33. The Kier molecular flexibility index (Phi) is 5.10. The van der Waals surface area contributed by atoms with Gasteiger partial charge in [-0.3, -0.25) is 4.90 Å². The molecule has 0 aromatic carbocycles. The lowest BCUT2D eigenvalue weighted by Gasteiger charge is -2.42. The Labute approximate surface area is 174 Å². The molecule has 4 heterocycles. The van der Waals surface area contributed by atoms with E-state index in [1.807, 2.05) is 31.9 Å². The van der Waals surface area contributed by atoms with Crippen LogP contribution in [-0.2, 0) is 14.2 Å². The summed E-state index contributed by atoms with van der Waals surface area (Å²) in [6.07, 6.45) is 2.60. The number of ether oxygens (including phenoxy) is 3. The fraction of sp³-hybridized carbons (Fsp3) is 0.684. The molecule has 3 aliphatic rings. The number of anilines is 1. The molecule has 3 aliphatic heterocycles. The van der Waals surface area contributed by atoms with Crippen LogP contribution in [0.2, 0.25) is 0 Å². The predicted octanol–water partition coefficient (Wildman–Crippen LogP) is 2.60. The van der Waals surface area contributed by atoms with Crippen LogP contribution in [0.1, 0.15) is 56.0 Å². The fourth-order valence-corrected chi connectivity index (χ4v) is 4.57. The van der Waals surface area contributed by atoms with Crippen molar-refractivity contribution in [3.05, 3.63) is 11.3 Å². The number of fused-ring (bicyclic) bond motifs is 3. The molecule has 1 aromatic rings. The van der Waals surface area contributed by atoms with Crippen LogP contribution in [0, 0.1) is 0 Å². The summed E-state index contributed by atoms with van der Waals surface area (Å²) in [5, 5.41) is 0.509. The fourth-order valence-electron chi connectivity index (χ4n) is 4.21. The third kappa shape index (κ3) is 3.63. The quantitative estimate of drug-likeness (QED) is 0.414. The number of carbonyl (C=O) groups excluding carboxylic acids is 2. The van der Waals surface area contributed by atoms with Crippen LogP contribution >= 0.6 is 11.8 Å². The molecule has 4 rings (SSSR count). The Balaban J connectivity index is 1.64. The second kappa shape index (κ2) is 7.32. The topological polar surface area (TPSA) is 94.1 Å². The largest absolute Gasteiger partial charge is 0.444 e. The smallest absolute Gasteiger partial charge is 0.410 e. The molecular formula is C19H26N4O5S. The highest BCUT2D eigenvalue weighted by molar-refractivity contribution is 7.98. The second-order valence-electron chi connectivity index (χ2n) is 8.45. The van der Waals surface area contributed by atoms with Crippen LogP contribution in [0.3, 0.4) is 0 Å². The van der Waals surface area contributed by atoms with Gasteiger partial charge in [0.05, 0.1) is 17.6 Å². The van der Waals surface area contributed by atoms with Gasteiger partial charge in [0.2, 0.25) is 6.29 Å². The van der Waals surface area contributed by atoms with Crippen molar-refractivity contribution in [2.75, 3.05) is 31.4 Å². The van der Waals surface area contributed by atoms with E-state index >= 15 is 0 Å². The van der Waals surface area contributed by atoms with E-state index in [1.165, 1.54) is 18.9 Å². The minimum absolute atomic E-state index is 0.0333. The zero-order chi connectivity index (χ0) is 20.9. The molecule has 1 amide bonds. The number of rotatable bonds is 3. The molecular weight excluding hydrogens is 396 g/mol. The molecule has 0 aliphatic carbocycles. The van der Waals surface area contributed by atoms with Gasteiger partial charge < -0.3 is 19.1 Å². The minimum Gasteiger partial charge on any atom is -0.444 e. The Morgan fingerprint density at radius 2 is 1.86 bits per heavy atom. The van der Waals surface area contributed by atoms with E-state index in [9.17, 15) is 9.59 Å². The number of esters is 1. The zero-order valence-electron chi connectivity index (χ0n) is 17.3. The summed E-state index contributed by atoms with van der Waals surface area (Å²) in [6, 6.07) is 0.0666. The van der Waals surface area contributed by atoms with Gasteiger partial charge in [-0.1, -0.05) is 11.8 Å². The predicted molar refractivity (Wildman–Crippen MR) is 106 cm³/mol. The molecule has 10 heteroatoms. The molecule has 1 aromatic heterocycles. The zero-order valence-corrected chi connectivity index (χ0v) is 18.1. The Morgan fingerprint density at radius 3 is 2.41 bits per heavy atom. The number of amides is 1. The highest BCUT2D eigenvalue weighted by Gasteiger charge is 2.47. The van der Waals surface area contributed by atoms with Gasteiger partial charge in [0.1, 0.15) is 11.4 Å². The lowest BCUT2D eigenvalue weighted by molar-refractivity contribution is -0.0815. The van der Waals surface area contributed by atoms with Crippen LogP contribution in [0.25, 0.3) is 0 Å². The summed E-state index contributed by atoms with van der Waals surface area (Å²) in [5.41, 5.74) is 0.297. The molecule has 29 heavy (non-hydrogen) atoms. The van der Waals surface area contributed by atoms with Crippen molar-refractivity contribution in [3.8, 4) is 0 Å². The van der Waals surface area contributed by atoms with E-state index in [0.717, 1.165) is 12.8 Å². The molecule has 9 nitrogen and oxygen atoms in total. The summed E-state index contributed by atoms with van der Waals surface area (Å²) in [5.74, 6) is 0.152. The van der Waals surface area contributed by atoms with Gasteiger partial charge in [0.15, 0.2) is 10.9 Å². The van der Waals surface area contributed by atoms with Crippen molar-refractivity contribution in [2.45, 2.75) is 62.7 Å². The first-order chi connectivity index (χ1) is 13.7. The second-order valence-corrected chi connectivity index (χ2v) is 9.22. The summed E-state index contributed by atoms with van der Waals surface area (Å²) in [4.78, 5) is 38.0. The van der Waals surface area contributed by atoms with Crippen molar-refractivity contribution in [3.63, 3.8) is 0 Å². The number of carbonyl (C=O) groups is 2. The summed E-state index contributed by atoms with van der Waals surface area (Å²) >= 11 is 1.37. The number of nitrogens with zero attached hydrogens (tertiary/aromatic N) is 4. The van der Waals surface area contributed by atoms with Crippen molar-refractivity contribution in [1.29, 1.82) is 0 Å². The standard InChI is InChI=1S/C19H26N4O5S/c1-19(2,3)28-18(25)23-10-6-7-11(23)9-22(8-10)14-12-13(20-17(21-14)29-5)15(24)27-16(12)26-4/h10-11,16H,6-9H2,1-5H3. The maximum Gasteiger partial charge on any atom is 0.410 e. The first-order valence-electron chi connectivity index (χ1n) is 9.67. The maximum absolute atomic E-state index is 12.7. The van der Waals surface area contributed by atoms with Gasteiger partial charge in [-0.15, -0.1) is 0 Å². The van der Waals surface area contributed by atoms with E-state index in [4.69, 9.17) is 14.2 Å². The third-order valence-corrected chi connectivity index (χ3v) is 5.88. The van der Waals surface area contributed by atoms with E-state index in [2.05, 4.69) is 14.9 Å². The van der Waals surface area contributed by atoms with Gasteiger partial charge in [-0.2, -0.15) is 0 Å². The lowest BCUT2D eigenvalue weighted by Crippen LogP contribution is -2.57. The molecule has 0 saturated carbocycles. The van der Waals surface area contributed by atoms with Crippen LogP contribution in [-0.4, -0.2) is 71.1 Å². The number of cyclic esters (lactones) is 1. The van der Waals surface area contributed by atoms with Crippen molar-refractivity contribution < 1.29 is 23.8 Å². The molecule has 3 atom stereocenters. The molecule has 3 unspecified atom stereocenters. The van der Waals surface area contributed by atoms with Crippen LogP contribution in [0.4, 0.5) is 10.6 Å². The molecule has 2 saturated heterocycles. The van der Waals surface area contributed by atoms with Gasteiger partial charge in [-0.25, -0.2) is 19.6 Å². The Morgan fingerprint density at radius 1 is 1.21 bits per heavy atom. The van der Waals surface area contributed by atoms with Crippen molar-refractivity contribution in [2.24, 2.45) is 0 Å². The van der Waals surface area contributed by atoms with Crippen molar-refractivity contribution >= 4 is 29.6 Å². The Hall–Kier alpha value is -2.07. The van der Waals surface area contributed by atoms with Gasteiger partial charge in [0, 0.05) is 20.2 Å². The molecule has 2 bridgehead atoms. The average Bonchev–Trinajstić information content (AvgIpc) is 3.13. The van der Waals surface area contributed by atoms with Gasteiger partial charge in [-0.05, 0) is 39.9 Å². The van der Waals surface area contributed by atoms with E-state index in [-0.39, 0.29) is 23.9 Å². The van der Waals surface area contributed by atoms with E-state index in [1.54, 1.807) is 0 Å². The molecule has 2 fully saturated rings.